The lowest BCUT2D eigenvalue weighted by Gasteiger charge is -2.13. The Hall–Kier alpha value is -1.35. The van der Waals surface area contributed by atoms with Crippen molar-refractivity contribution in [3.05, 3.63) is 46.8 Å². The quantitative estimate of drug-likeness (QED) is 0.185. The van der Waals surface area contributed by atoms with Gasteiger partial charge in [-0.2, -0.15) is 0 Å². The molecule has 0 saturated heterocycles. The molecule has 3 N–H and O–H groups in total. The summed E-state index contributed by atoms with van der Waals surface area (Å²) < 4.78 is 0. The van der Waals surface area contributed by atoms with Crippen molar-refractivity contribution in [1.82, 2.24) is 15.6 Å². The number of anilines is 1. The van der Waals surface area contributed by atoms with Gasteiger partial charge in [0.1, 0.15) is 5.82 Å². The van der Waals surface area contributed by atoms with Crippen LogP contribution < -0.4 is 16.0 Å². The third-order valence-electron chi connectivity index (χ3n) is 3.90. The van der Waals surface area contributed by atoms with E-state index in [9.17, 15) is 0 Å². The van der Waals surface area contributed by atoms with Crippen LogP contribution in [0.5, 0.6) is 0 Å². The van der Waals surface area contributed by atoms with Gasteiger partial charge in [0.25, 0.3) is 0 Å². The molecule has 2 heterocycles. The first-order chi connectivity index (χ1) is 12.8. The van der Waals surface area contributed by atoms with E-state index >= 15 is 0 Å². The van der Waals surface area contributed by atoms with E-state index in [0.717, 1.165) is 57.2 Å². The second kappa shape index (κ2) is 14.7. The highest BCUT2D eigenvalue weighted by molar-refractivity contribution is 14.0. The van der Waals surface area contributed by atoms with Crippen molar-refractivity contribution in [3.8, 4) is 0 Å². The molecule has 0 radical (unpaired) electrons. The minimum atomic E-state index is 0. The predicted octanol–water partition coefficient (Wildman–Crippen LogP) is 4.39. The van der Waals surface area contributed by atoms with Gasteiger partial charge in [-0.1, -0.05) is 19.1 Å². The molecule has 27 heavy (non-hydrogen) atoms. The first-order valence-corrected chi connectivity index (χ1v) is 10.4. The van der Waals surface area contributed by atoms with E-state index in [2.05, 4.69) is 52.3 Å². The van der Waals surface area contributed by atoms with Gasteiger partial charge in [0.15, 0.2) is 5.96 Å². The third-order valence-corrected chi connectivity index (χ3v) is 4.80. The molecule has 0 bridgehead atoms. The molecule has 1 unspecified atom stereocenters. The van der Waals surface area contributed by atoms with E-state index in [0.29, 0.717) is 5.92 Å². The summed E-state index contributed by atoms with van der Waals surface area (Å²) in [5.41, 5.74) is 0. The standard InChI is InChI=1S/C20H31N5S.HI/c1-3-21-20(25-16-17(2)15-18-9-8-14-26-18)24-13-7-6-12-23-19-10-4-5-11-22-19;/h4-5,8-11,14,17H,3,6-7,12-13,15-16H2,1-2H3,(H,22,23)(H2,21,24,25);1H. The Morgan fingerprint density at radius 3 is 2.70 bits per heavy atom. The van der Waals surface area contributed by atoms with Crippen molar-refractivity contribution >= 4 is 47.1 Å². The van der Waals surface area contributed by atoms with Gasteiger partial charge in [0, 0.05) is 37.3 Å². The van der Waals surface area contributed by atoms with Crippen LogP contribution in [0.3, 0.4) is 0 Å². The zero-order valence-electron chi connectivity index (χ0n) is 16.3. The van der Waals surface area contributed by atoms with E-state index < -0.39 is 0 Å². The maximum absolute atomic E-state index is 4.73. The number of guanidine groups is 1. The molecule has 2 rings (SSSR count). The van der Waals surface area contributed by atoms with Gasteiger partial charge in [-0.05, 0) is 55.7 Å². The van der Waals surface area contributed by atoms with Crippen LogP contribution in [0.1, 0.15) is 31.6 Å². The van der Waals surface area contributed by atoms with E-state index in [1.807, 2.05) is 35.7 Å². The van der Waals surface area contributed by atoms with Crippen molar-refractivity contribution in [1.29, 1.82) is 0 Å². The Morgan fingerprint density at radius 1 is 1.15 bits per heavy atom. The lowest BCUT2D eigenvalue weighted by atomic mass is 10.1. The van der Waals surface area contributed by atoms with Crippen LogP contribution in [-0.2, 0) is 6.42 Å². The molecule has 0 saturated carbocycles. The molecule has 0 fully saturated rings. The van der Waals surface area contributed by atoms with Crippen LogP contribution in [0.25, 0.3) is 0 Å². The molecule has 2 aromatic heterocycles. The molecule has 0 aromatic carbocycles. The summed E-state index contributed by atoms with van der Waals surface area (Å²) >= 11 is 1.83. The van der Waals surface area contributed by atoms with Crippen molar-refractivity contribution in [2.75, 3.05) is 31.5 Å². The molecule has 0 spiro atoms. The summed E-state index contributed by atoms with van der Waals surface area (Å²) in [7, 11) is 0. The summed E-state index contributed by atoms with van der Waals surface area (Å²) in [6, 6.07) is 10.2. The number of pyridine rings is 1. The molecule has 5 nitrogen and oxygen atoms in total. The number of halogens is 1. The van der Waals surface area contributed by atoms with Gasteiger partial charge in [0.05, 0.1) is 0 Å². The SMILES string of the molecule is CCNC(=NCC(C)Cc1cccs1)NCCCCNc1ccccn1.I. The molecular formula is C20H32IN5S. The maximum atomic E-state index is 4.73. The van der Waals surface area contributed by atoms with Crippen LogP contribution in [-0.4, -0.2) is 37.1 Å². The summed E-state index contributed by atoms with van der Waals surface area (Å²) in [4.78, 5) is 10.4. The zero-order chi connectivity index (χ0) is 18.5. The van der Waals surface area contributed by atoms with Gasteiger partial charge in [0.2, 0.25) is 0 Å². The first-order valence-electron chi connectivity index (χ1n) is 9.47. The molecular weight excluding hydrogens is 469 g/mol. The van der Waals surface area contributed by atoms with Gasteiger partial charge >= 0.3 is 0 Å². The Labute approximate surface area is 184 Å². The molecule has 7 heteroatoms. The minimum absolute atomic E-state index is 0. The number of nitrogens with one attached hydrogen (secondary N) is 3. The van der Waals surface area contributed by atoms with Gasteiger partial charge in [-0.25, -0.2) is 4.98 Å². The molecule has 0 aliphatic rings. The van der Waals surface area contributed by atoms with Crippen LogP contribution in [0, 0.1) is 5.92 Å². The minimum Gasteiger partial charge on any atom is -0.370 e. The summed E-state index contributed by atoms with van der Waals surface area (Å²) in [6.07, 6.45) is 5.09. The van der Waals surface area contributed by atoms with Crippen LogP contribution >= 0.6 is 35.3 Å². The number of aliphatic imine (C=N–C) groups is 1. The number of rotatable bonds is 11. The van der Waals surface area contributed by atoms with Crippen molar-refractivity contribution in [2.45, 2.75) is 33.1 Å². The summed E-state index contributed by atoms with van der Waals surface area (Å²) in [5, 5.41) is 12.2. The van der Waals surface area contributed by atoms with Gasteiger partial charge in [-0.3, -0.25) is 4.99 Å². The zero-order valence-corrected chi connectivity index (χ0v) is 19.4. The Bertz CT molecular complexity index is 619. The number of aromatic nitrogens is 1. The average Bonchev–Trinajstić information content (AvgIpc) is 3.16. The van der Waals surface area contributed by atoms with Crippen LogP contribution in [0.2, 0.25) is 0 Å². The van der Waals surface area contributed by atoms with Crippen molar-refractivity contribution in [3.63, 3.8) is 0 Å². The Balaban J connectivity index is 0.00000364. The van der Waals surface area contributed by atoms with E-state index in [1.54, 1.807) is 0 Å². The highest BCUT2D eigenvalue weighted by Gasteiger charge is 2.05. The van der Waals surface area contributed by atoms with E-state index in [-0.39, 0.29) is 24.0 Å². The second-order valence-electron chi connectivity index (χ2n) is 6.38. The normalized spacial score (nSPS) is 12.1. The number of hydrogen-bond acceptors (Lipinski definition) is 4. The fraction of sp³-hybridized carbons (Fsp3) is 0.500. The number of hydrogen-bond donors (Lipinski definition) is 3. The number of thiophene rings is 1. The summed E-state index contributed by atoms with van der Waals surface area (Å²) in [6.45, 7) is 7.94. The average molecular weight is 501 g/mol. The highest BCUT2D eigenvalue weighted by Crippen LogP contribution is 2.14. The monoisotopic (exact) mass is 501 g/mol. The highest BCUT2D eigenvalue weighted by atomic mass is 127. The van der Waals surface area contributed by atoms with Crippen LogP contribution in [0.4, 0.5) is 5.82 Å². The largest absolute Gasteiger partial charge is 0.370 e. The molecule has 0 aliphatic carbocycles. The van der Waals surface area contributed by atoms with E-state index in [1.165, 1.54) is 4.88 Å². The van der Waals surface area contributed by atoms with Crippen molar-refractivity contribution in [2.24, 2.45) is 10.9 Å². The Morgan fingerprint density at radius 2 is 2.00 bits per heavy atom. The molecule has 0 aliphatic heterocycles. The smallest absolute Gasteiger partial charge is 0.191 e. The fourth-order valence-electron chi connectivity index (χ4n) is 2.57. The first kappa shape index (κ1) is 23.7. The molecule has 2 aromatic rings. The van der Waals surface area contributed by atoms with Crippen LogP contribution in [0.15, 0.2) is 46.9 Å². The topological polar surface area (TPSA) is 61.3 Å². The predicted molar refractivity (Wildman–Crippen MR) is 129 cm³/mol. The lowest BCUT2D eigenvalue weighted by molar-refractivity contribution is 0.594. The molecule has 0 amide bonds. The maximum Gasteiger partial charge on any atom is 0.191 e. The number of unbranched alkanes of at least 4 members (excludes halogenated alkanes) is 1. The summed E-state index contributed by atoms with van der Waals surface area (Å²) in [5.74, 6) is 2.41. The fourth-order valence-corrected chi connectivity index (χ4v) is 3.44. The molecule has 1 atom stereocenters. The number of nitrogens with zero attached hydrogens (tertiary/aromatic N) is 2. The Kier molecular flexibility index (Phi) is 12.9. The van der Waals surface area contributed by atoms with E-state index in [4.69, 9.17) is 4.99 Å². The van der Waals surface area contributed by atoms with Gasteiger partial charge in [-0.15, -0.1) is 35.3 Å². The lowest BCUT2D eigenvalue weighted by Crippen LogP contribution is -2.38. The van der Waals surface area contributed by atoms with Gasteiger partial charge < -0.3 is 16.0 Å². The second-order valence-corrected chi connectivity index (χ2v) is 7.42. The molecule has 150 valence electrons. The third kappa shape index (κ3) is 10.5. The van der Waals surface area contributed by atoms with Crippen molar-refractivity contribution < 1.29 is 0 Å².